The first-order valence-electron chi connectivity index (χ1n) is 3.41. The van der Waals surface area contributed by atoms with Crippen LogP contribution >= 0.6 is 0 Å². The van der Waals surface area contributed by atoms with Gasteiger partial charge in [-0.1, -0.05) is 0 Å². The van der Waals surface area contributed by atoms with E-state index in [-0.39, 0.29) is 12.6 Å². The average molecular weight is 142 g/mol. The normalized spacial score (nSPS) is 11.5. The number of ether oxygens (including phenoxy) is 1. The van der Waals surface area contributed by atoms with Crippen molar-refractivity contribution in [3.05, 3.63) is 25.9 Å². The van der Waals surface area contributed by atoms with Gasteiger partial charge in [-0.05, 0) is 25.8 Å². The van der Waals surface area contributed by atoms with Gasteiger partial charge in [-0.3, -0.25) is 0 Å². The lowest BCUT2D eigenvalue weighted by molar-refractivity contribution is 0.110. The highest BCUT2D eigenvalue weighted by atomic mass is 16.6. The molecule has 0 aromatic rings. The van der Waals surface area contributed by atoms with Gasteiger partial charge in [0.05, 0.1) is 20.0 Å². The van der Waals surface area contributed by atoms with E-state index in [9.17, 15) is 0 Å². The van der Waals surface area contributed by atoms with E-state index in [0.717, 1.165) is 19.3 Å². The van der Waals surface area contributed by atoms with Gasteiger partial charge in [0.1, 0.15) is 0 Å². The lowest BCUT2D eigenvalue weighted by Crippen LogP contribution is -1.89. The number of rotatable bonds is 5. The number of hydrogen-bond acceptors (Lipinski definition) is 2. The number of aliphatic hydroxyl groups excluding tert-OH is 1. The van der Waals surface area contributed by atoms with Crippen LogP contribution in [0.5, 0.6) is 0 Å². The number of allylic oxidation sites excluding steroid dienone is 1. The largest absolute Gasteiger partial charge is 0.481 e. The Bertz CT molecular complexity index is 97.4. The van der Waals surface area contributed by atoms with Gasteiger partial charge in [-0.15, -0.1) is 0 Å². The molecule has 0 spiro atoms. The zero-order valence-electron chi connectivity index (χ0n) is 6.18. The number of unbranched alkanes of at least 4 members (excludes halogenated alkanes) is 2. The third-order valence-corrected chi connectivity index (χ3v) is 1.02. The average Bonchev–Trinajstić information content (AvgIpc) is 1.89. The lowest BCUT2D eigenvalue weighted by Gasteiger charge is -1.98. The predicted octanol–water partition coefficient (Wildman–Crippen LogP) is 2.24. The summed E-state index contributed by atoms with van der Waals surface area (Å²) in [4.78, 5) is 0. The van der Waals surface area contributed by atoms with Crippen molar-refractivity contribution in [1.82, 2.24) is 0 Å². The molecule has 0 aliphatic heterocycles. The summed E-state index contributed by atoms with van der Waals surface area (Å²) in [6.45, 7) is 7.35. The number of aliphatic hydroxyl groups is 1. The Morgan fingerprint density at radius 1 is 1.70 bits per heavy atom. The van der Waals surface area contributed by atoms with E-state index < -0.39 is 0 Å². The Morgan fingerprint density at radius 3 is 2.90 bits per heavy atom. The van der Waals surface area contributed by atoms with Crippen molar-refractivity contribution in [3.8, 4) is 0 Å². The second-order valence-corrected chi connectivity index (χ2v) is 1.89. The molecule has 0 aliphatic carbocycles. The van der Waals surface area contributed by atoms with Gasteiger partial charge in [-0.2, -0.15) is 0 Å². The maximum Gasteiger partial charge on any atom is 0.272 e. The van der Waals surface area contributed by atoms with Crippen molar-refractivity contribution in [2.45, 2.75) is 19.3 Å². The van der Waals surface area contributed by atoms with Crippen LogP contribution in [0.25, 0.3) is 0 Å². The Morgan fingerprint density at radius 2 is 2.40 bits per heavy atom. The minimum atomic E-state index is -0.0246. The molecule has 0 saturated heterocycles. The van der Waals surface area contributed by atoms with Crippen LogP contribution in [0.4, 0.5) is 0 Å². The monoisotopic (exact) mass is 142 g/mol. The summed E-state index contributed by atoms with van der Waals surface area (Å²) in [6, 6.07) is 0. The molecule has 0 atom stereocenters. The first-order chi connectivity index (χ1) is 4.81. The molecular formula is C8H14O2+. The smallest absolute Gasteiger partial charge is 0.272 e. The molecule has 0 saturated carbocycles. The Labute approximate surface area is 62.5 Å². The number of hydrogen-bond donors (Lipinski definition) is 1. The van der Waals surface area contributed by atoms with Gasteiger partial charge < -0.3 is 9.84 Å². The topological polar surface area (TPSA) is 29.5 Å². The van der Waals surface area contributed by atoms with Crippen LogP contribution in [0.1, 0.15) is 19.3 Å². The molecule has 0 fully saturated rings. The van der Waals surface area contributed by atoms with Crippen molar-refractivity contribution in [1.29, 1.82) is 0 Å². The van der Waals surface area contributed by atoms with Crippen molar-refractivity contribution in [2.24, 2.45) is 0 Å². The van der Waals surface area contributed by atoms with E-state index in [1.165, 1.54) is 0 Å². The van der Waals surface area contributed by atoms with Gasteiger partial charge in [0, 0.05) is 0 Å². The van der Waals surface area contributed by atoms with Crippen molar-refractivity contribution in [2.75, 3.05) is 6.61 Å². The maximum absolute atomic E-state index is 8.85. The van der Waals surface area contributed by atoms with Gasteiger partial charge in [0.2, 0.25) is 0 Å². The summed E-state index contributed by atoms with van der Waals surface area (Å²) in [5, 5.41) is 8.85. The molecule has 0 amide bonds. The minimum absolute atomic E-state index is 0.0246. The zero-order valence-corrected chi connectivity index (χ0v) is 6.18. The van der Waals surface area contributed by atoms with Gasteiger partial charge in [0.25, 0.3) is 5.95 Å². The van der Waals surface area contributed by atoms with E-state index >= 15 is 0 Å². The lowest BCUT2D eigenvalue weighted by atomic mass is 10.2. The molecule has 2 heteroatoms. The van der Waals surface area contributed by atoms with Crippen molar-refractivity contribution >= 4 is 0 Å². The van der Waals surface area contributed by atoms with E-state index in [0.29, 0.717) is 0 Å². The third-order valence-electron chi connectivity index (χ3n) is 1.02. The molecule has 2 nitrogen and oxygen atoms in total. The van der Waals surface area contributed by atoms with Crippen LogP contribution in [0.2, 0.25) is 0 Å². The van der Waals surface area contributed by atoms with Crippen LogP contribution in [0.15, 0.2) is 12.0 Å². The molecule has 10 heavy (non-hydrogen) atoms. The van der Waals surface area contributed by atoms with Crippen molar-refractivity contribution < 1.29 is 9.84 Å². The second kappa shape index (κ2) is 6.33. The Kier molecular flexibility index (Phi) is 5.83. The van der Waals surface area contributed by atoms with E-state index in [1.54, 1.807) is 6.08 Å². The third kappa shape index (κ3) is 5.35. The molecule has 0 aromatic heterocycles. The Balaban J connectivity index is 3.28. The molecule has 0 bridgehead atoms. The summed E-state index contributed by atoms with van der Waals surface area (Å²) >= 11 is 0. The summed E-state index contributed by atoms with van der Waals surface area (Å²) < 4.78 is 4.67. The fraction of sp³-hybridized carbons (Fsp3) is 0.500. The first-order valence-corrected chi connectivity index (χ1v) is 3.41. The van der Waals surface area contributed by atoms with Gasteiger partial charge in [0.15, 0.2) is 0 Å². The van der Waals surface area contributed by atoms with Crippen LogP contribution in [-0.2, 0) is 4.74 Å². The second-order valence-electron chi connectivity index (χ2n) is 1.89. The van der Waals surface area contributed by atoms with Crippen LogP contribution in [-0.4, -0.2) is 11.7 Å². The summed E-state index contributed by atoms with van der Waals surface area (Å²) in [6.07, 6.45) is 4.31. The fourth-order valence-corrected chi connectivity index (χ4v) is 0.533. The highest BCUT2D eigenvalue weighted by Gasteiger charge is 1.89. The molecular weight excluding hydrogens is 128 g/mol. The van der Waals surface area contributed by atoms with Gasteiger partial charge in [-0.25, -0.2) is 0 Å². The van der Waals surface area contributed by atoms with E-state index in [1.807, 2.05) is 0 Å². The highest BCUT2D eigenvalue weighted by molar-refractivity contribution is 4.81. The van der Waals surface area contributed by atoms with Gasteiger partial charge >= 0.3 is 0 Å². The molecule has 1 radical (unpaired) electrons. The SMILES string of the molecule is [CH2]COC(O)=CCCC[CH2+]. The van der Waals surface area contributed by atoms with Crippen molar-refractivity contribution in [3.63, 3.8) is 0 Å². The molecule has 57 valence electrons. The zero-order chi connectivity index (χ0) is 7.82. The Hall–Kier alpha value is -0.790. The highest BCUT2D eigenvalue weighted by Crippen LogP contribution is 1.99. The quantitative estimate of drug-likeness (QED) is 0.362. The maximum atomic E-state index is 8.85. The first kappa shape index (κ1) is 9.21. The molecule has 0 aromatic carbocycles. The van der Waals surface area contributed by atoms with E-state index in [2.05, 4.69) is 18.6 Å². The summed E-state index contributed by atoms with van der Waals surface area (Å²) in [5.41, 5.74) is 0. The standard InChI is InChI=1S/C8H13O2/c1-3-5-6-7-8(9)10-4-2/h7H,1-6H2/p+1. The molecule has 0 heterocycles. The van der Waals surface area contributed by atoms with Crippen LogP contribution in [0.3, 0.4) is 0 Å². The molecule has 1 N–H and O–H groups in total. The molecule has 0 rings (SSSR count). The van der Waals surface area contributed by atoms with Crippen LogP contribution in [0, 0.1) is 13.8 Å². The molecule has 0 aliphatic rings. The summed E-state index contributed by atoms with van der Waals surface area (Å²) in [5.74, 6) is -0.0246. The molecule has 0 unspecified atom stereocenters. The fourth-order valence-electron chi connectivity index (χ4n) is 0.533. The predicted molar refractivity (Wildman–Crippen MR) is 41.2 cm³/mol. The van der Waals surface area contributed by atoms with Crippen LogP contribution < -0.4 is 0 Å². The summed E-state index contributed by atoms with van der Waals surface area (Å²) in [7, 11) is 0. The van der Waals surface area contributed by atoms with E-state index in [4.69, 9.17) is 5.11 Å². The minimum Gasteiger partial charge on any atom is -0.481 e.